The Bertz CT molecular complexity index is 487. The molecule has 0 saturated heterocycles. The van der Waals surface area contributed by atoms with Crippen molar-refractivity contribution in [3.05, 3.63) is 33.6 Å². The number of nitrogens with zero attached hydrogens (tertiary/aromatic N) is 2. The maximum absolute atomic E-state index is 6.07. The molecule has 1 aromatic heterocycles. The molecule has 0 amide bonds. The van der Waals surface area contributed by atoms with Gasteiger partial charge in [-0.1, -0.05) is 17.7 Å². The molecule has 2 rings (SSSR count). The molecule has 0 radical (unpaired) electrons. The quantitative estimate of drug-likeness (QED) is 0.790. The topological polar surface area (TPSA) is 38.9 Å². The Hall–Kier alpha value is -0.580. The average molecular weight is 308 g/mol. The molecule has 1 heterocycles. The molecule has 0 atom stereocenters. The molecule has 0 spiro atoms. The molecule has 0 fully saturated rings. The van der Waals surface area contributed by atoms with Gasteiger partial charge >= 0.3 is 0 Å². The van der Waals surface area contributed by atoms with Crippen molar-refractivity contribution >= 4 is 39.1 Å². The van der Waals surface area contributed by atoms with E-state index in [1.165, 1.54) is 0 Å². The molecule has 0 bridgehead atoms. The van der Waals surface area contributed by atoms with Crippen LogP contribution in [0.15, 0.2) is 27.1 Å². The number of rotatable bonds is 2. The summed E-state index contributed by atoms with van der Waals surface area (Å²) in [6.45, 7) is 0. The highest BCUT2D eigenvalue weighted by molar-refractivity contribution is 9.10. The van der Waals surface area contributed by atoms with Crippen LogP contribution in [0, 0.1) is 0 Å². The van der Waals surface area contributed by atoms with E-state index in [2.05, 4.69) is 26.1 Å². The van der Waals surface area contributed by atoms with Crippen molar-refractivity contribution in [2.45, 2.75) is 5.88 Å². The number of hydrogen-bond donors (Lipinski definition) is 0. The lowest BCUT2D eigenvalue weighted by Crippen LogP contribution is -1.80. The van der Waals surface area contributed by atoms with Crippen LogP contribution in [0.2, 0.25) is 5.02 Å². The van der Waals surface area contributed by atoms with Gasteiger partial charge in [0.25, 0.3) is 0 Å². The Morgan fingerprint density at radius 1 is 1.33 bits per heavy atom. The molecule has 0 N–H and O–H groups in total. The van der Waals surface area contributed by atoms with Gasteiger partial charge in [0, 0.05) is 4.47 Å². The largest absolute Gasteiger partial charge is 0.419 e. The summed E-state index contributed by atoms with van der Waals surface area (Å²) in [6, 6.07) is 5.49. The van der Waals surface area contributed by atoms with Crippen molar-refractivity contribution in [2.75, 3.05) is 0 Å². The third kappa shape index (κ3) is 2.17. The summed E-state index contributed by atoms with van der Waals surface area (Å²) in [7, 11) is 0. The molecule has 0 aliphatic heterocycles. The van der Waals surface area contributed by atoms with Gasteiger partial charge in [-0.15, -0.1) is 21.8 Å². The van der Waals surface area contributed by atoms with E-state index in [1.54, 1.807) is 6.07 Å². The van der Waals surface area contributed by atoms with Crippen LogP contribution >= 0.6 is 39.1 Å². The monoisotopic (exact) mass is 306 g/mol. The molecule has 0 aliphatic carbocycles. The normalized spacial score (nSPS) is 10.6. The van der Waals surface area contributed by atoms with Crippen LogP contribution in [0.5, 0.6) is 0 Å². The third-order valence-corrected chi connectivity index (χ3v) is 3.29. The third-order valence-electron chi connectivity index (χ3n) is 1.76. The zero-order chi connectivity index (χ0) is 10.8. The molecule has 3 nitrogen and oxygen atoms in total. The fourth-order valence-electron chi connectivity index (χ4n) is 1.09. The summed E-state index contributed by atoms with van der Waals surface area (Å²) >= 11 is 15.0. The summed E-state index contributed by atoms with van der Waals surface area (Å²) in [5.74, 6) is 0.943. The van der Waals surface area contributed by atoms with Gasteiger partial charge in [0.2, 0.25) is 11.8 Å². The summed E-state index contributed by atoms with van der Waals surface area (Å²) in [4.78, 5) is 0. The molecule has 15 heavy (non-hydrogen) atoms. The van der Waals surface area contributed by atoms with Crippen LogP contribution in [-0.2, 0) is 5.88 Å². The second-order valence-corrected chi connectivity index (χ2v) is 4.24. The molecule has 78 valence electrons. The minimum Gasteiger partial charge on any atom is -0.419 e. The number of hydrogen-bond acceptors (Lipinski definition) is 3. The van der Waals surface area contributed by atoms with Crippen LogP contribution in [0.4, 0.5) is 0 Å². The summed E-state index contributed by atoms with van der Waals surface area (Å²) in [5, 5.41) is 8.16. The number of benzene rings is 1. The van der Waals surface area contributed by atoms with Crippen molar-refractivity contribution in [2.24, 2.45) is 0 Å². The standard InChI is InChI=1S/C9H5BrCl2N2O/c10-6-3-1-2-5(8(6)12)9-14-13-7(4-11)15-9/h1-3H,4H2. The van der Waals surface area contributed by atoms with E-state index in [4.69, 9.17) is 27.6 Å². The predicted molar refractivity (Wildman–Crippen MR) is 62.0 cm³/mol. The van der Waals surface area contributed by atoms with Gasteiger partial charge in [0.15, 0.2) is 0 Å². The van der Waals surface area contributed by atoms with Gasteiger partial charge in [-0.25, -0.2) is 0 Å². The minimum absolute atomic E-state index is 0.193. The lowest BCUT2D eigenvalue weighted by Gasteiger charge is -1.99. The predicted octanol–water partition coefficient (Wildman–Crippen LogP) is 3.89. The number of halogens is 3. The number of alkyl halides is 1. The molecule has 2 aromatic rings. The van der Waals surface area contributed by atoms with Crippen LogP contribution in [0.25, 0.3) is 11.5 Å². The summed E-state index contributed by atoms with van der Waals surface area (Å²) in [5.41, 5.74) is 0.690. The van der Waals surface area contributed by atoms with Gasteiger partial charge < -0.3 is 4.42 Å². The van der Waals surface area contributed by atoms with Crippen LogP contribution in [-0.4, -0.2) is 10.2 Å². The van der Waals surface area contributed by atoms with Crippen molar-refractivity contribution < 1.29 is 4.42 Å². The summed E-state index contributed by atoms with van der Waals surface area (Å²) in [6.07, 6.45) is 0. The van der Waals surface area contributed by atoms with E-state index >= 15 is 0 Å². The Labute approximate surface area is 105 Å². The molecule has 6 heteroatoms. The molecule has 1 aromatic carbocycles. The van der Waals surface area contributed by atoms with Gasteiger partial charge in [-0.2, -0.15) is 0 Å². The van der Waals surface area contributed by atoms with Crippen molar-refractivity contribution in [1.82, 2.24) is 10.2 Å². The second-order valence-electron chi connectivity index (χ2n) is 2.74. The minimum atomic E-state index is 0.193. The zero-order valence-electron chi connectivity index (χ0n) is 7.38. The average Bonchev–Trinajstić information content (AvgIpc) is 2.70. The molecular weight excluding hydrogens is 303 g/mol. The van der Waals surface area contributed by atoms with E-state index in [1.807, 2.05) is 12.1 Å². The molecule has 0 aliphatic rings. The first kappa shape index (κ1) is 10.9. The van der Waals surface area contributed by atoms with E-state index in [0.29, 0.717) is 22.4 Å². The van der Waals surface area contributed by atoms with Gasteiger partial charge in [-0.3, -0.25) is 0 Å². The lowest BCUT2D eigenvalue weighted by atomic mass is 10.2. The first-order valence-corrected chi connectivity index (χ1v) is 5.75. The molecular formula is C9H5BrCl2N2O. The van der Waals surface area contributed by atoms with E-state index < -0.39 is 0 Å². The Balaban J connectivity index is 2.49. The van der Waals surface area contributed by atoms with E-state index in [0.717, 1.165) is 4.47 Å². The highest BCUT2D eigenvalue weighted by Gasteiger charge is 2.12. The first-order chi connectivity index (χ1) is 7.22. The Morgan fingerprint density at radius 2 is 2.13 bits per heavy atom. The molecule has 0 saturated carbocycles. The highest BCUT2D eigenvalue weighted by Crippen LogP contribution is 2.32. The van der Waals surface area contributed by atoms with Gasteiger partial charge in [-0.05, 0) is 28.1 Å². The zero-order valence-corrected chi connectivity index (χ0v) is 10.5. The Kier molecular flexibility index (Phi) is 3.29. The lowest BCUT2D eigenvalue weighted by molar-refractivity contribution is 0.527. The van der Waals surface area contributed by atoms with Gasteiger partial charge in [0.1, 0.15) is 5.88 Å². The fourth-order valence-corrected chi connectivity index (χ4v) is 1.77. The van der Waals surface area contributed by atoms with Crippen molar-refractivity contribution in [3.63, 3.8) is 0 Å². The van der Waals surface area contributed by atoms with E-state index in [9.17, 15) is 0 Å². The summed E-state index contributed by atoms with van der Waals surface area (Å²) < 4.78 is 6.08. The van der Waals surface area contributed by atoms with Gasteiger partial charge in [0.05, 0.1) is 10.6 Å². The highest BCUT2D eigenvalue weighted by atomic mass is 79.9. The maximum Gasteiger partial charge on any atom is 0.249 e. The van der Waals surface area contributed by atoms with Crippen molar-refractivity contribution in [1.29, 1.82) is 0 Å². The first-order valence-electron chi connectivity index (χ1n) is 4.05. The van der Waals surface area contributed by atoms with E-state index in [-0.39, 0.29) is 5.88 Å². The smallest absolute Gasteiger partial charge is 0.249 e. The number of aromatic nitrogens is 2. The van der Waals surface area contributed by atoms with Crippen LogP contribution < -0.4 is 0 Å². The maximum atomic E-state index is 6.07. The fraction of sp³-hybridized carbons (Fsp3) is 0.111. The SMILES string of the molecule is ClCc1nnc(-c2cccc(Br)c2Cl)o1. The molecule has 0 unspecified atom stereocenters. The van der Waals surface area contributed by atoms with Crippen molar-refractivity contribution in [3.8, 4) is 11.5 Å². The van der Waals surface area contributed by atoms with Crippen LogP contribution in [0.1, 0.15) is 5.89 Å². The second kappa shape index (κ2) is 4.51. The Morgan fingerprint density at radius 3 is 2.80 bits per heavy atom. The van der Waals surface area contributed by atoms with Crippen LogP contribution in [0.3, 0.4) is 0 Å².